The number of fused-ring (bicyclic) bond motifs is 1. The molecule has 1 aliphatic rings. The third-order valence-corrected chi connectivity index (χ3v) is 8.52. The molecular weight excluding hydrogens is 530 g/mol. The minimum Gasteiger partial charge on any atom is -0.322 e. The summed E-state index contributed by atoms with van der Waals surface area (Å²) in [5.41, 5.74) is 7.05. The van der Waals surface area contributed by atoms with Gasteiger partial charge in [-0.1, -0.05) is 53.6 Å². The Kier molecular flexibility index (Phi) is 6.97. The van der Waals surface area contributed by atoms with Gasteiger partial charge >= 0.3 is 0 Å². The van der Waals surface area contributed by atoms with E-state index in [1.165, 1.54) is 15.4 Å². The minimum absolute atomic E-state index is 0.0682. The van der Waals surface area contributed by atoms with E-state index in [1.807, 2.05) is 74.5 Å². The monoisotopic (exact) mass is 559 g/mol. The van der Waals surface area contributed by atoms with Crippen LogP contribution in [-0.2, 0) is 16.1 Å². The van der Waals surface area contributed by atoms with Crippen LogP contribution in [0.5, 0.6) is 0 Å². The van der Waals surface area contributed by atoms with Crippen molar-refractivity contribution in [1.29, 1.82) is 0 Å². The zero-order valence-corrected chi connectivity index (χ0v) is 23.9. The molecule has 1 aliphatic heterocycles. The number of anilines is 1. The van der Waals surface area contributed by atoms with Crippen LogP contribution in [0.25, 0.3) is 20.8 Å². The fraction of sp³-hybridized carbons (Fsp3) is 0.176. The predicted molar refractivity (Wildman–Crippen MR) is 163 cm³/mol. The number of rotatable bonds is 6. The number of imide groups is 1. The van der Waals surface area contributed by atoms with Crippen molar-refractivity contribution in [3.05, 3.63) is 119 Å². The number of thiazole rings is 1. The molecule has 6 nitrogen and oxygen atoms in total. The molecule has 5 aromatic rings. The van der Waals surface area contributed by atoms with Crippen LogP contribution in [0.15, 0.2) is 91.0 Å². The molecule has 0 saturated carbocycles. The summed E-state index contributed by atoms with van der Waals surface area (Å²) in [4.78, 5) is 48.3. The van der Waals surface area contributed by atoms with Crippen LogP contribution in [0.4, 0.5) is 5.69 Å². The molecule has 0 radical (unpaired) electrons. The highest BCUT2D eigenvalue weighted by molar-refractivity contribution is 7.21. The van der Waals surface area contributed by atoms with Gasteiger partial charge in [-0.25, -0.2) is 9.88 Å². The number of hydrogen-bond acceptors (Lipinski definition) is 5. The molecular formula is C34H29N3O3S. The van der Waals surface area contributed by atoms with E-state index in [-0.39, 0.29) is 24.8 Å². The molecule has 204 valence electrons. The van der Waals surface area contributed by atoms with Crippen molar-refractivity contribution in [2.75, 3.05) is 4.90 Å². The molecule has 4 aromatic carbocycles. The summed E-state index contributed by atoms with van der Waals surface area (Å²) in [5.74, 6) is -1.00. The van der Waals surface area contributed by atoms with E-state index in [0.717, 1.165) is 37.5 Å². The number of hydrogen-bond donors (Lipinski definition) is 0. The normalized spacial score (nSPS) is 15.1. The van der Waals surface area contributed by atoms with Crippen molar-refractivity contribution in [1.82, 2.24) is 9.88 Å². The minimum atomic E-state index is -0.898. The third-order valence-electron chi connectivity index (χ3n) is 7.45. The molecule has 1 aromatic heterocycles. The molecule has 6 rings (SSSR count). The molecule has 1 unspecified atom stereocenters. The summed E-state index contributed by atoms with van der Waals surface area (Å²) in [5, 5.41) is 0.877. The maximum atomic E-state index is 13.8. The Balaban J connectivity index is 1.28. The van der Waals surface area contributed by atoms with Crippen molar-refractivity contribution in [2.24, 2.45) is 0 Å². The Hall–Kier alpha value is -4.62. The lowest BCUT2D eigenvalue weighted by Crippen LogP contribution is -2.45. The Bertz CT molecular complexity index is 1770. The van der Waals surface area contributed by atoms with Gasteiger partial charge in [0.15, 0.2) is 0 Å². The van der Waals surface area contributed by atoms with E-state index in [1.54, 1.807) is 35.6 Å². The molecule has 7 heteroatoms. The molecule has 0 spiro atoms. The number of carbonyl (C=O) groups is 3. The van der Waals surface area contributed by atoms with E-state index < -0.39 is 11.9 Å². The zero-order chi connectivity index (χ0) is 28.7. The lowest BCUT2D eigenvalue weighted by Gasteiger charge is -2.28. The van der Waals surface area contributed by atoms with E-state index >= 15 is 0 Å². The van der Waals surface area contributed by atoms with Gasteiger partial charge < -0.3 is 4.90 Å². The predicted octanol–water partition coefficient (Wildman–Crippen LogP) is 6.86. The van der Waals surface area contributed by atoms with Crippen molar-refractivity contribution in [3.8, 4) is 10.6 Å². The summed E-state index contributed by atoms with van der Waals surface area (Å²) in [6.45, 7) is 6.24. The standard InChI is InChI=1S/C34H29N3O3S/c1-21-4-9-24(10-5-21)20-36(33(39)26-11-6-22(2)7-12-26)29-19-31(38)37(34(29)40)27-15-13-25(14-16-27)32-35-28-17-8-23(3)18-30(28)41-32/h4-18,29H,19-20H2,1-3H3. The zero-order valence-electron chi connectivity index (χ0n) is 23.1. The first-order valence-electron chi connectivity index (χ1n) is 13.5. The highest BCUT2D eigenvalue weighted by atomic mass is 32.1. The smallest absolute Gasteiger partial charge is 0.257 e. The second-order valence-corrected chi connectivity index (χ2v) is 11.6. The van der Waals surface area contributed by atoms with Crippen LogP contribution in [0.3, 0.4) is 0 Å². The van der Waals surface area contributed by atoms with Crippen molar-refractivity contribution in [2.45, 2.75) is 39.8 Å². The van der Waals surface area contributed by atoms with Crippen LogP contribution < -0.4 is 4.90 Å². The molecule has 0 N–H and O–H groups in total. The van der Waals surface area contributed by atoms with E-state index in [2.05, 4.69) is 13.0 Å². The van der Waals surface area contributed by atoms with Crippen molar-refractivity contribution >= 4 is 45.0 Å². The van der Waals surface area contributed by atoms with Gasteiger partial charge in [-0.05, 0) is 80.4 Å². The number of benzene rings is 4. The second-order valence-electron chi connectivity index (χ2n) is 10.6. The molecule has 41 heavy (non-hydrogen) atoms. The maximum Gasteiger partial charge on any atom is 0.257 e. The SMILES string of the molecule is Cc1ccc(CN(C(=O)c2ccc(C)cc2)C2CC(=O)N(c3ccc(-c4nc5ccc(C)cc5s4)cc3)C2=O)cc1. The number of nitrogens with zero attached hydrogens (tertiary/aromatic N) is 3. The Morgan fingerprint density at radius 3 is 2.17 bits per heavy atom. The van der Waals surface area contributed by atoms with Gasteiger partial charge in [0.1, 0.15) is 11.0 Å². The number of aryl methyl sites for hydroxylation is 3. The van der Waals surface area contributed by atoms with Crippen LogP contribution in [0, 0.1) is 20.8 Å². The average Bonchev–Trinajstić information content (AvgIpc) is 3.52. The molecule has 3 amide bonds. The number of amides is 3. The summed E-state index contributed by atoms with van der Waals surface area (Å²) in [6, 6.07) is 27.7. The van der Waals surface area contributed by atoms with Crippen LogP contribution in [0.2, 0.25) is 0 Å². The third kappa shape index (κ3) is 5.28. The lowest BCUT2D eigenvalue weighted by atomic mass is 10.1. The maximum absolute atomic E-state index is 13.8. The topological polar surface area (TPSA) is 70.6 Å². The molecule has 1 fully saturated rings. The molecule has 1 atom stereocenters. The highest BCUT2D eigenvalue weighted by Gasteiger charge is 2.44. The fourth-order valence-corrected chi connectivity index (χ4v) is 6.18. The Morgan fingerprint density at radius 2 is 1.49 bits per heavy atom. The number of carbonyl (C=O) groups excluding carboxylic acids is 3. The van der Waals surface area contributed by atoms with Gasteiger partial charge in [0.2, 0.25) is 5.91 Å². The summed E-state index contributed by atoms with van der Waals surface area (Å²) in [6.07, 6.45) is -0.0682. The van der Waals surface area contributed by atoms with Gasteiger partial charge in [0.05, 0.1) is 22.3 Å². The quantitative estimate of drug-likeness (QED) is 0.213. The fourth-order valence-electron chi connectivity index (χ4n) is 5.11. The van der Waals surface area contributed by atoms with E-state index in [4.69, 9.17) is 4.98 Å². The lowest BCUT2D eigenvalue weighted by molar-refractivity contribution is -0.122. The molecule has 2 heterocycles. The van der Waals surface area contributed by atoms with Crippen molar-refractivity contribution < 1.29 is 14.4 Å². The van der Waals surface area contributed by atoms with Gasteiger partial charge in [-0.3, -0.25) is 14.4 Å². The number of aromatic nitrogens is 1. The molecule has 0 bridgehead atoms. The largest absolute Gasteiger partial charge is 0.322 e. The van der Waals surface area contributed by atoms with Crippen LogP contribution in [-0.4, -0.2) is 33.6 Å². The summed E-state index contributed by atoms with van der Waals surface area (Å²) >= 11 is 1.61. The van der Waals surface area contributed by atoms with Crippen molar-refractivity contribution in [3.63, 3.8) is 0 Å². The van der Waals surface area contributed by atoms with Crippen LogP contribution in [0.1, 0.15) is 39.0 Å². The summed E-state index contributed by atoms with van der Waals surface area (Å²) in [7, 11) is 0. The van der Waals surface area contributed by atoms with Gasteiger partial charge in [0.25, 0.3) is 11.8 Å². The van der Waals surface area contributed by atoms with Gasteiger partial charge in [-0.2, -0.15) is 0 Å². The Morgan fingerprint density at radius 1 is 0.854 bits per heavy atom. The highest BCUT2D eigenvalue weighted by Crippen LogP contribution is 2.33. The van der Waals surface area contributed by atoms with E-state index in [9.17, 15) is 14.4 Å². The van der Waals surface area contributed by atoms with Crippen LogP contribution >= 0.6 is 11.3 Å². The van der Waals surface area contributed by atoms with Gasteiger partial charge in [-0.15, -0.1) is 11.3 Å². The molecule has 1 saturated heterocycles. The van der Waals surface area contributed by atoms with Gasteiger partial charge in [0, 0.05) is 17.7 Å². The first-order chi connectivity index (χ1) is 19.8. The van der Waals surface area contributed by atoms with E-state index in [0.29, 0.717) is 11.3 Å². The second kappa shape index (κ2) is 10.7. The molecule has 0 aliphatic carbocycles. The average molecular weight is 560 g/mol. The Labute approximate surface area is 242 Å². The first kappa shape index (κ1) is 26.6. The summed E-state index contributed by atoms with van der Waals surface area (Å²) < 4.78 is 1.11. The first-order valence-corrected chi connectivity index (χ1v) is 14.4.